The minimum Gasteiger partial charge on any atom is -0.381 e. The van der Waals surface area contributed by atoms with Crippen LogP contribution in [-0.4, -0.2) is 26.4 Å². The molecule has 0 aromatic carbocycles. The van der Waals surface area contributed by atoms with Gasteiger partial charge in [0.15, 0.2) is 0 Å². The van der Waals surface area contributed by atoms with Crippen LogP contribution in [0.1, 0.15) is 142 Å². The van der Waals surface area contributed by atoms with E-state index in [0.717, 1.165) is 26.4 Å². The first kappa shape index (κ1) is 27.9. The van der Waals surface area contributed by atoms with Crippen LogP contribution in [0.2, 0.25) is 0 Å². The molecule has 0 spiro atoms. The molecule has 0 N–H and O–H groups in total. The zero-order valence-corrected chi connectivity index (χ0v) is 19.8. The highest BCUT2D eigenvalue weighted by molar-refractivity contribution is 4.49. The van der Waals surface area contributed by atoms with Crippen molar-refractivity contribution in [2.75, 3.05) is 26.4 Å². The number of hydrogen-bond acceptors (Lipinski definition) is 2. The Morgan fingerprint density at radius 3 is 0.857 bits per heavy atom. The van der Waals surface area contributed by atoms with Gasteiger partial charge >= 0.3 is 0 Å². The highest BCUT2D eigenvalue weighted by Crippen LogP contribution is 2.13. The molecule has 2 heteroatoms. The largest absolute Gasteiger partial charge is 0.381 e. The SMILES string of the molecule is CCCCCCCCCCCCCCCCOCCCCCCOCCCC. The second-order valence-corrected chi connectivity index (χ2v) is 8.59. The summed E-state index contributed by atoms with van der Waals surface area (Å²) in [6, 6.07) is 0. The third kappa shape index (κ3) is 25.9. The number of unbranched alkanes of at least 4 members (excludes halogenated alkanes) is 17. The average molecular weight is 399 g/mol. The molecule has 2 nitrogen and oxygen atoms in total. The van der Waals surface area contributed by atoms with E-state index in [1.165, 1.54) is 128 Å². The Kier molecular flexibility index (Phi) is 26.8. The van der Waals surface area contributed by atoms with Gasteiger partial charge in [-0.3, -0.25) is 0 Å². The summed E-state index contributed by atoms with van der Waals surface area (Å²) in [4.78, 5) is 0. The lowest BCUT2D eigenvalue weighted by molar-refractivity contribution is 0.118. The van der Waals surface area contributed by atoms with Gasteiger partial charge in [-0.15, -0.1) is 0 Å². The molecule has 0 aliphatic heterocycles. The van der Waals surface area contributed by atoms with E-state index in [0.29, 0.717) is 0 Å². The molecule has 0 rings (SSSR count). The molecule has 0 aliphatic rings. The second kappa shape index (κ2) is 26.9. The van der Waals surface area contributed by atoms with Gasteiger partial charge in [-0.05, 0) is 25.7 Å². The van der Waals surface area contributed by atoms with Crippen LogP contribution in [0.5, 0.6) is 0 Å². The van der Waals surface area contributed by atoms with Crippen LogP contribution in [0.15, 0.2) is 0 Å². The maximum absolute atomic E-state index is 5.77. The highest BCUT2D eigenvalue weighted by Gasteiger charge is 1.95. The van der Waals surface area contributed by atoms with Crippen molar-refractivity contribution in [3.05, 3.63) is 0 Å². The topological polar surface area (TPSA) is 18.5 Å². The second-order valence-electron chi connectivity index (χ2n) is 8.59. The van der Waals surface area contributed by atoms with E-state index in [2.05, 4.69) is 13.8 Å². The summed E-state index contributed by atoms with van der Waals surface area (Å²) in [7, 11) is 0. The summed E-state index contributed by atoms with van der Waals surface area (Å²) in [5.74, 6) is 0. The van der Waals surface area contributed by atoms with Crippen molar-refractivity contribution in [1.29, 1.82) is 0 Å². The van der Waals surface area contributed by atoms with Crippen LogP contribution in [0.4, 0.5) is 0 Å². The van der Waals surface area contributed by atoms with Crippen LogP contribution >= 0.6 is 0 Å². The van der Waals surface area contributed by atoms with Gasteiger partial charge in [0.2, 0.25) is 0 Å². The molecular weight excluding hydrogens is 344 g/mol. The van der Waals surface area contributed by atoms with Gasteiger partial charge < -0.3 is 9.47 Å². The molecule has 170 valence electrons. The molecule has 0 amide bonds. The van der Waals surface area contributed by atoms with E-state index in [4.69, 9.17) is 9.47 Å². The van der Waals surface area contributed by atoms with Crippen LogP contribution in [0.3, 0.4) is 0 Å². The van der Waals surface area contributed by atoms with Crippen molar-refractivity contribution < 1.29 is 9.47 Å². The average Bonchev–Trinajstić information content (AvgIpc) is 2.71. The Balaban J connectivity index is 2.96. The third-order valence-electron chi connectivity index (χ3n) is 5.61. The number of ether oxygens (including phenoxy) is 2. The maximum atomic E-state index is 5.77. The Labute approximate surface area is 178 Å². The third-order valence-corrected chi connectivity index (χ3v) is 5.61. The van der Waals surface area contributed by atoms with Crippen molar-refractivity contribution in [3.8, 4) is 0 Å². The van der Waals surface area contributed by atoms with Gasteiger partial charge in [-0.1, -0.05) is 117 Å². The lowest BCUT2D eigenvalue weighted by Crippen LogP contribution is -1.99. The number of hydrogen-bond donors (Lipinski definition) is 0. The van der Waals surface area contributed by atoms with E-state index in [-0.39, 0.29) is 0 Å². The first-order valence-electron chi connectivity index (χ1n) is 13.1. The van der Waals surface area contributed by atoms with Crippen molar-refractivity contribution in [2.24, 2.45) is 0 Å². The van der Waals surface area contributed by atoms with E-state index < -0.39 is 0 Å². The smallest absolute Gasteiger partial charge is 0.0466 e. The Bertz CT molecular complexity index is 229. The molecule has 0 heterocycles. The summed E-state index contributed by atoms with van der Waals surface area (Å²) in [5, 5.41) is 0. The monoisotopic (exact) mass is 398 g/mol. The molecule has 0 saturated heterocycles. The maximum Gasteiger partial charge on any atom is 0.0466 e. The molecule has 0 unspecified atom stereocenters. The molecule has 0 fully saturated rings. The minimum absolute atomic E-state index is 0.943. The summed E-state index contributed by atoms with van der Waals surface area (Å²) in [6.07, 6.45) is 27.3. The van der Waals surface area contributed by atoms with Crippen molar-refractivity contribution in [1.82, 2.24) is 0 Å². The van der Waals surface area contributed by atoms with Gasteiger partial charge in [0, 0.05) is 26.4 Å². The van der Waals surface area contributed by atoms with Crippen molar-refractivity contribution >= 4 is 0 Å². The van der Waals surface area contributed by atoms with Gasteiger partial charge in [0.05, 0.1) is 0 Å². The lowest BCUT2D eigenvalue weighted by atomic mass is 10.0. The van der Waals surface area contributed by atoms with Gasteiger partial charge in [0.25, 0.3) is 0 Å². The number of rotatable bonds is 25. The summed E-state index contributed by atoms with van der Waals surface area (Å²) in [6.45, 7) is 8.32. The Morgan fingerprint density at radius 1 is 0.286 bits per heavy atom. The van der Waals surface area contributed by atoms with Crippen LogP contribution in [0, 0.1) is 0 Å². The standard InChI is InChI=1S/C26H54O2/c1-3-5-7-8-9-10-11-12-13-14-15-16-17-20-25-28-26-22-19-18-21-24-27-23-6-4-2/h3-26H2,1-2H3. The molecule has 0 bridgehead atoms. The fourth-order valence-electron chi connectivity index (χ4n) is 3.61. The molecule has 28 heavy (non-hydrogen) atoms. The summed E-state index contributed by atoms with van der Waals surface area (Å²) >= 11 is 0. The molecule has 0 aromatic rings. The van der Waals surface area contributed by atoms with E-state index in [1.54, 1.807) is 0 Å². The van der Waals surface area contributed by atoms with Gasteiger partial charge in [-0.2, -0.15) is 0 Å². The first-order chi connectivity index (χ1) is 13.9. The van der Waals surface area contributed by atoms with Crippen LogP contribution in [0.25, 0.3) is 0 Å². The Hall–Kier alpha value is -0.0800. The fraction of sp³-hybridized carbons (Fsp3) is 1.00. The molecule has 0 saturated carbocycles. The van der Waals surface area contributed by atoms with Crippen LogP contribution < -0.4 is 0 Å². The summed E-state index contributed by atoms with van der Waals surface area (Å²) < 4.78 is 11.4. The Morgan fingerprint density at radius 2 is 0.536 bits per heavy atom. The first-order valence-corrected chi connectivity index (χ1v) is 13.1. The van der Waals surface area contributed by atoms with Crippen LogP contribution in [-0.2, 0) is 9.47 Å². The minimum atomic E-state index is 0.943. The molecule has 0 aliphatic carbocycles. The summed E-state index contributed by atoms with van der Waals surface area (Å²) in [5.41, 5.74) is 0. The quantitative estimate of drug-likeness (QED) is 0.143. The van der Waals surface area contributed by atoms with Crippen molar-refractivity contribution in [3.63, 3.8) is 0 Å². The molecule has 0 radical (unpaired) electrons. The molecule has 0 aromatic heterocycles. The fourth-order valence-corrected chi connectivity index (χ4v) is 3.61. The highest BCUT2D eigenvalue weighted by atomic mass is 16.5. The van der Waals surface area contributed by atoms with Gasteiger partial charge in [-0.25, -0.2) is 0 Å². The predicted octanol–water partition coefficient (Wildman–Crippen LogP) is 8.86. The normalized spacial score (nSPS) is 11.4. The zero-order valence-electron chi connectivity index (χ0n) is 19.8. The lowest BCUT2D eigenvalue weighted by Gasteiger charge is -2.06. The van der Waals surface area contributed by atoms with Crippen molar-refractivity contribution in [2.45, 2.75) is 142 Å². The van der Waals surface area contributed by atoms with E-state index in [1.807, 2.05) is 0 Å². The van der Waals surface area contributed by atoms with E-state index in [9.17, 15) is 0 Å². The zero-order chi connectivity index (χ0) is 20.4. The molecule has 0 atom stereocenters. The predicted molar refractivity (Wildman–Crippen MR) is 125 cm³/mol. The van der Waals surface area contributed by atoms with E-state index >= 15 is 0 Å². The van der Waals surface area contributed by atoms with Gasteiger partial charge in [0.1, 0.15) is 0 Å². The molecular formula is C26H54O2.